The molecular formula is C18H14N2S. The summed E-state index contributed by atoms with van der Waals surface area (Å²) in [5, 5.41) is 10.4. The second kappa shape index (κ2) is 5.51. The van der Waals surface area contributed by atoms with Crippen molar-refractivity contribution in [3.63, 3.8) is 0 Å². The van der Waals surface area contributed by atoms with Crippen LogP contribution in [0.1, 0.15) is 16.7 Å². The molecule has 1 aromatic heterocycles. The summed E-state index contributed by atoms with van der Waals surface area (Å²) in [6.45, 7) is 5.91. The molecule has 2 nitrogen and oxygen atoms in total. The summed E-state index contributed by atoms with van der Waals surface area (Å²) in [5.74, 6) is 0. The Balaban J connectivity index is 2.13. The molecule has 0 atom stereocenters. The first-order chi connectivity index (χ1) is 10.2. The summed E-state index contributed by atoms with van der Waals surface area (Å²) in [7, 11) is 0. The lowest BCUT2D eigenvalue weighted by Crippen LogP contribution is -1.89. The molecule has 0 saturated heterocycles. The summed E-state index contributed by atoms with van der Waals surface area (Å²) in [4.78, 5) is 1.14. The molecule has 21 heavy (non-hydrogen) atoms. The molecule has 0 saturated carbocycles. The zero-order valence-electron chi connectivity index (χ0n) is 11.7. The lowest BCUT2D eigenvalue weighted by molar-refractivity contribution is 1.30. The van der Waals surface area contributed by atoms with Crippen LogP contribution < -0.4 is 0 Å². The number of rotatable bonds is 3. The number of hydrogen-bond acceptors (Lipinski definition) is 2. The Bertz CT molecular complexity index is 851. The molecule has 1 heterocycles. The first-order valence-electron chi connectivity index (χ1n) is 6.64. The topological polar surface area (TPSA) is 28.7 Å². The van der Waals surface area contributed by atoms with E-state index in [4.69, 9.17) is 0 Å². The third kappa shape index (κ3) is 2.46. The van der Waals surface area contributed by atoms with E-state index in [2.05, 4.69) is 43.8 Å². The molecule has 3 heteroatoms. The van der Waals surface area contributed by atoms with Crippen molar-refractivity contribution in [2.75, 3.05) is 0 Å². The van der Waals surface area contributed by atoms with Gasteiger partial charge in [0.1, 0.15) is 6.07 Å². The van der Waals surface area contributed by atoms with Crippen molar-refractivity contribution < 1.29 is 0 Å². The average molecular weight is 290 g/mol. The molecule has 102 valence electrons. The molecular weight excluding hydrogens is 276 g/mol. The number of hydrogen-bond donors (Lipinski definition) is 0. The van der Waals surface area contributed by atoms with E-state index in [0.29, 0.717) is 5.56 Å². The largest absolute Gasteiger partial charge is 0.286 e. The standard InChI is InChI=1S/C18H14N2S/c1-3-14-6-7-15(12-19)18-17(14)10-11-20(18)21-16-8-4-13(2)5-9-16/h3-11H,1H2,2H3. The van der Waals surface area contributed by atoms with Crippen LogP contribution in [0.5, 0.6) is 0 Å². The Morgan fingerprint density at radius 2 is 1.90 bits per heavy atom. The normalized spacial score (nSPS) is 10.5. The minimum absolute atomic E-state index is 0.681. The quantitative estimate of drug-likeness (QED) is 0.677. The van der Waals surface area contributed by atoms with Crippen molar-refractivity contribution in [1.82, 2.24) is 3.97 Å². The molecule has 0 unspecified atom stereocenters. The summed E-state index contributed by atoms with van der Waals surface area (Å²) in [6, 6.07) is 16.5. The van der Waals surface area contributed by atoms with Gasteiger partial charge in [-0.15, -0.1) is 0 Å². The molecule has 0 spiro atoms. The van der Waals surface area contributed by atoms with Crippen LogP contribution in [-0.2, 0) is 0 Å². The van der Waals surface area contributed by atoms with Crippen LogP contribution in [0.3, 0.4) is 0 Å². The maximum absolute atomic E-state index is 9.35. The predicted molar refractivity (Wildman–Crippen MR) is 89.2 cm³/mol. The van der Waals surface area contributed by atoms with Gasteiger partial charge in [0.15, 0.2) is 0 Å². The van der Waals surface area contributed by atoms with Crippen molar-refractivity contribution >= 4 is 28.9 Å². The highest BCUT2D eigenvalue weighted by Gasteiger charge is 2.10. The van der Waals surface area contributed by atoms with Crippen molar-refractivity contribution in [2.45, 2.75) is 11.8 Å². The molecule has 0 aliphatic heterocycles. The van der Waals surface area contributed by atoms with E-state index in [9.17, 15) is 5.26 Å². The van der Waals surface area contributed by atoms with Gasteiger partial charge in [-0.3, -0.25) is 3.97 Å². The highest BCUT2D eigenvalue weighted by Crippen LogP contribution is 2.31. The average Bonchev–Trinajstić information content (AvgIpc) is 2.93. The summed E-state index contributed by atoms with van der Waals surface area (Å²) in [6.07, 6.45) is 3.83. The summed E-state index contributed by atoms with van der Waals surface area (Å²) >= 11 is 1.61. The fourth-order valence-electron chi connectivity index (χ4n) is 2.31. The number of aryl methyl sites for hydroxylation is 1. The van der Waals surface area contributed by atoms with Crippen LogP contribution in [0.25, 0.3) is 17.0 Å². The summed E-state index contributed by atoms with van der Waals surface area (Å²) < 4.78 is 2.05. The number of fused-ring (bicyclic) bond motifs is 1. The first kappa shape index (κ1) is 13.5. The van der Waals surface area contributed by atoms with Gasteiger partial charge in [0, 0.05) is 16.5 Å². The second-order valence-corrected chi connectivity index (χ2v) is 5.87. The van der Waals surface area contributed by atoms with Crippen LogP contribution in [0.15, 0.2) is 60.1 Å². The third-order valence-electron chi connectivity index (χ3n) is 3.41. The number of benzene rings is 2. The van der Waals surface area contributed by atoms with E-state index in [1.54, 1.807) is 11.9 Å². The van der Waals surface area contributed by atoms with Gasteiger partial charge >= 0.3 is 0 Å². The lowest BCUT2D eigenvalue weighted by Gasteiger charge is -2.07. The van der Waals surface area contributed by atoms with Crippen LogP contribution >= 0.6 is 11.9 Å². The molecule has 0 aliphatic carbocycles. The van der Waals surface area contributed by atoms with E-state index < -0.39 is 0 Å². The lowest BCUT2D eigenvalue weighted by atomic mass is 10.1. The predicted octanol–water partition coefficient (Wildman–Crippen LogP) is 5.02. The van der Waals surface area contributed by atoms with Crippen molar-refractivity contribution in [1.29, 1.82) is 5.26 Å². The van der Waals surface area contributed by atoms with Gasteiger partial charge in [-0.05, 0) is 48.7 Å². The molecule has 0 radical (unpaired) electrons. The van der Waals surface area contributed by atoms with Crippen molar-refractivity contribution in [3.05, 3.63) is 71.9 Å². The van der Waals surface area contributed by atoms with E-state index >= 15 is 0 Å². The fraction of sp³-hybridized carbons (Fsp3) is 0.0556. The molecule has 3 aromatic rings. The van der Waals surface area contributed by atoms with E-state index in [1.807, 2.05) is 34.4 Å². The van der Waals surface area contributed by atoms with Crippen LogP contribution in [-0.4, -0.2) is 3.97 Å². The molecule has 2 aromatic carbocycles. The molecule has 0 bridgehead atoms. The van der Waals surface area contributed by atoms with E-state index in [-0.39, 0.29) is 0 Å². The minimum Gasteiger partial charge on any atom is -0.286 e. The smallest absolute Gasteiger partial charge is 0.101 e. The maximum Gasteiger partial charge on any atom is 0.101 e. The Kier molecular flexibility index (Phi) is 3.55. The maximum atomic E-state index is 9.35. The molecule has 0 amide bonds. The van der Waals surface area contributed by atoms with Gasteiger partial charge < -0.3 is 0 Å². The first-order valence-corrected chi connectivity index (χ1v) is 7.42. The Labute approximate surface area is 128 Å². The Hall–Kier alpha value is -2.44. The number of aromatic nitrogens is 1. The van der Waals surface area contributed by atoms with Crippen molar-refractivity contribution in [2.24, 2.45) is 0 Å². The van der Waals surface area contributed by atoms with E-state index in [1.165, 1.54) is 5.56 Å². The van der Waals surface area contributed by atoms with Crippen LogP contribution in [0.4, 0.5) is 0 Å². The number of nitriles is 1. The summed E-state index contributed by atoms with van der Waals surface area (Å²) in [5.41, 5.74) is 3.91. The van der Waals surface area contributed by atoms with Gasteiger partial charge in [0.05, 0.1) is 11.1 Å². The van der Waals surface area contributed by atoms with Gasteiger partial charge in [0.25, 0.3) is 0 Å². The zero-order valence-corrected chi connectivity index (χ0v) is 12.5. The molecule has 0 N–H and O–H groups in total. The van der Waals surface area contributed by atoms with Gasteiger partial charge in [-0.2, -0.15) is 5.26 Å². The third-order valence-corrected chi connectivity index (χ3v) is 4.40. The highest BCUT2D eigenvalue weighted by atomic mass is 32.2. The minimum atomic E-state index is 0.681. The molecule has 0 fully saturated rings. The van der Waals surface area contributed by atoms with Crippen LogP contribution in [0.2, 0.25) is 0 Å². The second-order valence-electron chi connectivity index (χ2n) is 4.83. The fourth-order valence-corrected chi connectivity index (χ4v) is 3.20. The molecule has 3 rings (SSSR count). The van der Waals surface area contributed by atoms with Crippen molar-refractivity contribution in [3.8, 4) is 6.07 Å². The number of nitrogens with zero attached hydrogens (tertiary/aromatic N) is 2. The molecule has 0 aliphatic rings. The van der Waals surface area contributed by atoms with Gasteiger partial charge in [0.2, 0.25) is 0 Å². The SMILES string of the molecule is C=Cc1ccc(C#N)c2c1ccn2Sc1ccc(C)cc1. The Morgan fingerprint density at radius 3 is 2.57 bits per heavy atom. The van der Waals surface area contributed by atoms with Gasteiger partial charge in [-0.25, -0.2) is 0 Å². The monoisotopic (exact) mass is 290 g/mol. The Morgan fingerprint density at radius 1 is 1.14 bits per heavy atom. The van der Waals surface area contributed by atoms with E-state index in [0.717, 1.165) is 21.4 Å². The highest BCUT2D eigenvalue weighted by molar-refractivity contribution is 7.98. The van der Waals surface area contributed by atoms with Gasteiger partial charge in [-0.1, -0.05) is 36.4 Å². The zero-order chi connectivity index (χ0) is 14.8. The van der Waals surface area contributed by atoms with Crippen LogP contribution in [0, 0.1) is 18.3 Å².